The van der Waals surface area contributed by atoms with Crippen LogP contribution in [0, 0.1) is 0 Å². The van der Waals surface area contributed by atoms with Crippen LogP contribution < -0.4 is 0 Å². The third-order valence-electron chi connectivity index (χ3n) is 0.192. The first-order chi connectivity index (χ1) is 2.91. The van der Waals surface area contributed by atoms with Gasteiger partial charge in [-0.1, -0.05) is 5.04 Å². The van der Waals surface area contributed by atoms with Crippen LogP contribution in [0.5, 0.6) is 0 Å². The van der Waals surface area contributed by atoms with Gasteiger partial charge in [-0.15, -0.1) is 3.22 Å². The van der Waals surface area contributed by atoms with E-state index >= 15 is 0 Å². The minimum Gasteiger partial charge on any atom is -0.206 e. The van der Waals surface area contributed by atoms with Gasteiger partial charge in [0.1, 0.15) is 0 Å². The minimum absolute atomic E-state index is 0.503. The van der Waals surface area contributed by atoms with Crippen LogP contribution in [-0.2, 0) is 13.1 Å². The molecule has 0 unspecified atom stereocenters. The fourth-order valence-corrected chi connectivity index (χ4v) is 0.170. The number of hydrogen-bond acceptors (Lipinski definition) is 3. The summed E-state index contributed by atoms with van der Waals surface area (Å²) in [6, 6.07) is 0. The van der Waals surface area contributed by atoms with Crippen molar-refractivity contribution in [1.29, 1.82) is 0 Å². The van der Waals surface area contributed by atoms with Gasteiger partial charge in [0.2, 0.25) is 0 Å². The molecule has 0 saturated carbocycles. The molecule has 0 bridgehead atoms. The Labute approximate surface area is 50.1 Å². The van der Waals surface area contributed by atoms with Gasteiger partial charge < -0.3 is 0 Å². The first kappa shape index (κ1) is 6.61. The van der Waals surface area contributed by atoms with Crippen LogP contribution in [-0.4, -0.2) is 6.61 Å². The van der Waals surface area contributed by atoms with Gasteiger partial charge in [0, 0.05) is 0 Å². The fourth-order valence-electron chi connectivity index (χ4n) is 0.0663. The lowest BCUT2D eigenvalue weighted by Crippen LogP contribution is -1.86. The Bertz CT molecular complexity index is 20.8. The van der Waals surface area contributed by atoms with Crippen molar-refractivity contribution in [3.05, 3.63) is 0 Å². The maximum absolute atomic E-state index is 4.25. The average Bonchev–Trinajstić information content (AvgIpc) is 1.61. The summed E-state index contributed by atoms with van der Waals surface area (Å²) in [5, 5.41) is 3.97. The Morgan fingerprint density at radius 2 is 2.33 bits per heavy atom. The fraction of sp³-hybridized carbons (Fsp3) is 1.00. The Hall–Kier alpha value is 0.610. The highest BCUT2D eigenvalue weighted by Gasteiger charge is 1.74. The first-order valence-electron chi connectivity index (χ1n) is 1.48. The standard InChI is InChI=1S/C2H5IO3/c1-2-4-6-5-3/h2H2,1H3. The Kier molecular flexibility index (Phi) is 6.18. The van der Waals surface area contributed by atoms with Crippen molar-refractivity contribution in [1.82, 2.24) is 0 Å². The summed E-state index contributed by atoms with van der Waals surface area (Å²) in [7, 11) is 0. The van der Waals surface area contributed by atoms with Crippen molar-refractivity contribution in [2.75, 3.05) is 6.61 Å². The van der Waals surface area contributed by atoms with Gasteiger partial charge in [0.25, 0.3) is 0 Å². The quantitative estimate of drug-likeness (QED) is 0.299. The largest absolute Gasteiger partial charge is 0.206 e. The molecule has 0 aromatic carbocycles. The smallest absolute Gasteiger partial charge is 0.158 e. The van der Waals surface area contributed by atoms with Gasteiger partial charge in [0.05, 0.1) is 6.61 Å². The number of halogens is 1. The summed E-state index contributed by atoms with van der Waals surface area (Å²) < 4.78 is 4.03. The van der Waals surface area contributed by atoms with Crippen molar-refractivity contribution < 1.29 is 13.1 Å². The molecule has 38 valence electrons. The van der Waals surface area contributed by atoms with Gasteiger partial charge in [-0.25, -0.2) is 4.89 Å². The van der Waals surface area contributed by atoms with Crippen LogP contribution in [0.4, 0.5) is 0 Å². The molecule has 0 radical (unpaired) electrons. The third kappa shape index (κ3) is 4.61. The molecule has 0 aliphatic rings. The zero-order chi connectivity index (χ0) is 4.83. The molecule has 0 heterocycles. The minimum atomic E-state index is 0.503. The molecule has 0 atom stereocenters. The van der Waals surface area contributed by atoms with E-state index in [2.05, 4.69) is 13.1 Å². The van der Waals surface area contributed by atoms with Gasteiger partial charge >= 0.3 is 0 Å². The van der Waals surface area contributed by atoms with Crippen molar-refractivity contribution in [2.24, 2.45) is 0 Å². The summed E-state index contributed by atoms with van der Waals surface area (Å²) in [5.74, 6) is 0. The molecular weight excluding hydrogens is 199 g/mol. The van der Waals surface area contributed by atoms with Gasteiger partial charge in [-0.05, 0) is 6.92 Å². The molecule has 0 aromatic rings. The van der Waals surface area contributed by atoms with Gasteiger partial charge in [0.15, 0.2) is 23.0 Å². The molecule has 4 heteroatoms. The molecule has 0 aliphatic carbocycles. The molecular formula is C2H5IO3. The predicted molar refractivity (Wildman–Crippen MR) is 27.8 cm³/mol. The highest BCUT2D eigenvalue weighted by atomic mass is 127. The lowest BCUT2D eigenvalue weighted by Gasteiger charge is -1.88. The maximum atomic E-state index is 4.25. The highest BCUT2D eigenvalue weighted by Crippen LogP contribution is 1.86. The molecule has 0 N–H and O–H groups in total. The van der Waals surface area contributed by atoms with E-state index in [1.165, 1.54) is 0 Å². The summed E-state index contributed by atoms with van der Waals surface area (Å²) in [4.78, 5) is 4.25. The van der Waals surface area contributed by atoms with Crippen LogP contribution >= 0.6 is 23.0 Å². The molecule has 0 rings (SSSR count). The zero-order valence-electron chi connectivity index (χ0n) is 3.31. The van der Waals surface area contributed by atoms with Crippen molar-refractivity contribution in [3.63, 3.8) is 0 Å². The Balaban J connectivity index is 2.34. The molecule has 0 saturated heterocycles. The van der Waals surface area contributed by atoms with Gasteiger partial charge in [-0.3, -0.25) is 0 Å². The summed E-state index contributed by atoms with van der Waals surface area (Å²) in [6.45, 7) is 2.30. The summed E-state index contributed by atoms with van der Waals surface area (Å²) in [5.41, 5.74) is 0. The molecule has 0 amide bonds. The van der Waals surface area contributed by atoms with E-state index in [0.29, 0.717) is 6.61 Å². The molecule has 6 heavy (non-hydrogen) atoms. The van der Waals surface area contributed by atoms with Crippen LogP contribution in [0.3, 0.4) is 0 Å². The number of hydrogen-bond donors (Lipinski definition) is 0. The monoisotopic (exact) mass is 204 g/mol. The lowest BCUT2D eigenvalue weighted by molar-refractivity contribution is -0.445. The second kappa shape index (κ2) is 5.61. The van der Waals surface area contributed by atoms with E-state index < -0.39 is 0 Å². The second-order valence-electron chi connectivity index (χ2n) is 0.538. The summed E-state index contributed by atoms with van der Waals surface area (Å²) in [6.07, 6.45) is 0. The van der Waals surface area contributed by atoms with Crippen molar-refractivity contribution >= 4 is 23.0 Å². The topological polar surface area (TPSA) is 27.7 Å². The van der Waals surface area contributed by atoms with E-state index in [0.717, 1.165) is 0 Å². The highest BCUT2D eigenvalue weighted by molar-refractivity contribution is 14.1. The zero-order valence-corrected chi connectivity index (χ0v) is 5.47. The molecule has 0 fully saturated rings. The molecule has 0 spiro atoms. The number of rotatable bonds is 3. The summed E-state index contributed by atoms with van der Waals surface area (Å²) >= 11 is 1.56. The van der Waals surface area contributed by atoms with Gasteiger partial charge in [-0.2, -0.15) is 0 Å². The van der Waals surface area contributed by atoms with E-state index in [4.69, 9.17) is 0 Å². The van der Waals surface area contributed by atoms with Crippen LogP contribution in [0.25, 0.3) is 0 Å². The van der Waals surface area contributed by atoms with E-state index in [1.807, 2.05) is 0 Å². The van der Waals surface area contributed by atoms with Crippen molar-refractivity contribution in [3.8, 4) is 0 Å². The normalized spacial score (nSPS) is 9.00. The van der Waals surface area contributed by atoms with E-state index in [1.54, 1.807) is 29.9 Å². The molecule has 0 aliphatic heterocycles. The average molecular weight is 204 g/mol. The molecule has 0 aromatic heterocycles. The van der Waals surface area contributed by atoms with E-state index in [-0.39, 0.29) is 0 Å². The predicted octanol–water partition coefficient (Wildman–Crippen LogP) is 1.24. The van der Waals surface area contributed by atoms with Crippen LogP contribution in [0.1, 0.15) is 6.92 Å². The molecule has 3 nitrogen and oxygen atoms in total. The van der Waals surface area contributed by atoms with Crippen molar-refractivity contribution in [2.45, 2.75) is 6.92 Å². The Morgan fingerprint density at radius 3 is 2.50 bits per heavy atom. The second-order valence-corrected chi connectivity index (χ2v) is 0.897. The Morgan fingerprint density at radius 1 is 1.67 bits per heavy atom. The lowest BCUT2D eigenvalue weighted by atomic mass is 10.9. The first-order valence-corrected chi connectivity index (χ1v) is 2.36. The maximum Gasteiger partial charge on any atom is 0.158 e. The SMILES string of the molecule is CCOOOI. The van der Waals surface area contributed by atoms with E-state index in [9.17, 15) is 0 Å². The van der Waals surface area contributed by atoms with Crippen LogP contribution in [0.2, 0.25) is 0 Å². The van der Waals surface area contributed by atoms with Crippen LogP contribution in [0.15, 0.2) is 0 Å². The third-order valence-corrected chi connectivity index (χ3v) is 0.338.